The van der Waals surface area contributed by atoms with Crippen LogP contribution in [0.5, 0.6) is 0 Å². The first-order chi connectivity index (χ1) is 7.30. The lowest BCUT2D eigenvalue weighted by Gasteiger charge is -2.05. The molecule has 2 nitrogen and oxygen atoms in total. The Bertz CT molecular complexity index is 562. The third kappa shape index (κ3) is 1.80. The average Bonchev–Trinajstić information content (AvgIpc) is 2.43. The maximum absolute atomic E-state index is 12.6. The monoisotopic (exact) mass is 312 g/mol. The highest BCUT2D eigenvalue weighted by Crippen LogP contribution is 2.34. The van der Waals surface area contributed by atoms with Gasteiger partial charge >= 0.3 is 6.18 Å². The van der Waals surface area contributed by atoms with Crippen molar-refractivity contribution in [1.82, 2.24) is 9.55 Å². The number of alkyl halides is 3. The van der Waals surface area contributed by atoms with Gasteiger partial charge in [-0.25, -0.2) is 4.98 Å². The van der Waals surface area contributed by atoms with Crippen LogP contribution in [0.15, 0.2) is 16.6 Å². The summed E-state index contributed by atoms with van der Waals surface area (Å²) in [4.78, 5) is 3.56. The van der Waals surface area contributed by atoms with Crippen molar-refractivity contribution in [3.8, 4) is 0 Å². The highest BCUT2D eigenvalue weighted by atomic mass is 79.9. The van der Waals surface area contributed by atoms with Gasteiger partial charge in [0.25, 0.3) is 0 Å². The fraction of sp³-hybridized carbons (Fsp3) is 0.222. The van der Waals surface area contributed by atoms with Crippen LogP contribution in [0.1, 0.15) is 5.82 Å². The van der Waals surface area contributed by atoms with Crippen LogP contribution in [0.2, 0.25) is 5.02 Å². The predicted octanol–water partition coefficient (Wildman–Crippen LogP) is 4.01. The summed E-state index contributed by atoms with van der Waals surface area (Å²) in [6, 6.07) is 2.96. The molecule has 0 saturated carbocycles. The number of fused-ring (bicyclic) bond motifs is 1. The Morgan fingerprint density at radius 2 is 2.00 bits per heavy atom. The van der Waals surface area contributed by atoms with Crippen LogP contribution in [-0.4, -0.2) is 9.55 Å². The zero-order valence-corrected chi connectivity index (χ0v) is 10.3. The summed E-state index contributed by atoms with van der Waals surface area (Å²) < 4.78 is 39.2. The zero-order valence-electron chi connectivity index (χ0n) is 7.94. The van der Waals surface area contributed by atoms with E-state index >= 15 is 0 Å². The van der Waals surface area contributed by atoms with Crippen LogP contribution < -0.4 is 0 Å². The Kier molecular flexibility index (Phi) is 2.66. The third-order valence-electron chi connectivity index (χ3n) is 2.16. The Balaban J connectivity index is 2.83. The van der Waals surface area contributed by atoms with Gasteiger partial charge in [-0.3, -0.25) is 0 Å². The van der Waals surface area contributed by atoms with Crippen LogP contribution in [0.25, 0.3) is 11.0 Å². The van der Waals surface area contributed by atoms with E-state index in [1.54, 1.807) is 0 Å². The molecule has 1 heterocycles. The molecule has 0 aliphatic rings. The molecule has 0 unspecified atom stereocenters. The highest BCUT2D eigenvalue weighted by Gasteiger charge is 2.37. The number of nitrogens with zero attached hydrogens (tertiary/aromatic N) is 2. The van der Waals surface area contributed by atoms with E-state index in [4.69, 9.17) is 11.6 Å². The van der Waals surface area contributed by atoms with Crippen molar-refractivity contribution in [3.05, 3.63) is 27.5 Å². The normalized spacial score (nSPS) is 12.4. The predicted molar refractivity (Wildman–Crippen MR) is 58.4 cm³/mol. The number of aromatic nitrogens is 2. The van der Waals surface area contributed by atoms with Crippen LogP contribution >= 0.6 is 27.5 Å². The number of halogens is 5. The summed E-state index contributed by atoms with van der Waals surface area (Å²) in [6.07, 6.45) is -4.47. The minimum absolute atomic E-state index is 0.249. The summed E-state index contributed by atoms with van der Waals surface area (Å²) in [6.45, 7) is 0. The van der Waals surface area contributed by atoms with Crippen molar-refractivity contribution < 1.29 is 13.2 Å². The molecule has 1 aromatic carbocycles. The highest BCUT2D eigenvalue weighted by molar-refractivity contribution is 9.10. The molecule has 1 aromatic heterocycles. The third-order valence-corrected chi connectivity index (χ3v) is 2.98. The van der Waals surface area contributed by atoms with Crippen LogP contribution in [0, 0.1) is 0 Å². The maximum Gasteiger partial charge on any atom is 0.449 e. The quantitative estimate of drug-likeness (QED) is 0.718. The standard InChI is InChI=1S/C9H5BrClF3N2/c1-16-6-3-4(11)2-5(10)7(6)15-8(16)9(12,13)14/h2-3H,1H3. The molecule has 86 valence electrons. The van der Waals surface area contributed by atoms with Gasteiger partial charge in [-0.15, -0.1) is 0 Å². The summed E-state index contributed by atoms with van der Waals surface area (Å²) in [7, 11) is 1.31. The Morgan fingerprint density at radius 1 is 1.38 bits per heavy atom. The van der Waals surface area contributed by atoms with Crippen molar-refractivity contribution in [2.75, 3.05) is 0 Å². The number of aryl methyl sites for hydroxylation is 1. The van der Waals surface area contributed by atoms with Gasteiger partial charge in [0.2, 0.25) is 5.82 Å². The molecule has 2 rings (SSSR count). The van der Waals surface area contributed by atoms with Crippen molar-refractivity contribution in [2.45, 2.75) is 6.18 Å². The first-order valence-corrected chi connectivity index (χ1v) is 5.36. The van der Waals surface area contributed by atoms with E-state index in [1.165, 1.54) is 19.2 Å². The van der Waals surface area contributed by atoms with Crippen LogP contribution in [-0.2, 0) is 13.2 Å². The lowest BCUT2D eigenvalue weighted by atomic mass is 10.3. The Hall–Kier alpha value is -0.750. The van der Waals surface area contributed by atoms with E-state index in [2.05, 4.69) is 20.9 Å². The van der Waals surface area contributed by atoms with E-state index < -0.39 is 12.0 Å². The maximum atomic E-state index is 12.6. The first-order valence-electron chi connectivity index (χ1n) is 4.19. The van der Waals surface area contributed by atoms with Gasteiger partial charge in [-0.05, 0) is 28.1 Å². The van der Waals surface area contributed by atoms with E-state index in [1.807, 2.05) is 0 Å². The fourth-order valence-electron chi connectivity index (χ4n) is 1.47. The molecule has 16 heavy (non-hydrogen) atoms. The Labute approximate surface area is 102 Å². The zero-order chi connectivity index (χ0) is 12.1. The molecule has 0 bridgehead atoms. The largest absolute Gasteiger partial charge is 0.449 e. The first kappa shape index (κ1) is 11.7. The van der Waals surface area contributed by atoms with Gasteiger partial charge in [-0.1, -0.05) is 11.6 Å². The fourth-order valence-corrected chi connectivity index (χ4v) is 2.35. The number of imidazole rings is 1. The van der Waals surface area contributed by atoms with E-state index in [9.17, 15) is 13.2 Å². The Morgan fingerprint density at radius 3 is 2.56 bits per heavy atom. The summed E-state index contributed by atoms with van der Waals surface area (Å²) in [5, 5.41) is 0.357. The molecule has 0 N–H and O–H groups in total. The molecular weight excluding hydrogens is 308 g/mol. The number of hydrogen-bond donors (Lipinski definition) is 0. The van der Waals surface area contributed by atoms with Crippen LogP contribution in [0.4, 0.5) is 13.2 Å². The topological polar surface area (TPSA) is 17.8 Å². The molecule has 0 saturated heterocycles. The number of rotatable bonds is 0. The summed E-state index contributed by atoms with van der Waals surface area (Å²) >= 11 is 8.90. The van der Waals surface area contributed by atoms with Crippen molar-refractivity contribution in [2.24, 2.45) is 7.05 Å². The smallest absolute Gasteiger partial charge is 0.323 e. The van der Waals surface area contributed by atoms with Gasteiger partial charge in [0, 0.05) is 16.5 Å². The van der Waals surface area contributed by atoms with E-state index in [0.717, 1.165) is 4.57 Å². The molecule has 0 aliphatic carbocycles. The van der Waals surface area contributed by atoms with E-state index in [-0.39, 0.29) is 5.52 Å². The number of benzene rings is 1. The van der Waals surface area contributed by atoms with Crippen molar-refractivity contribution >= 4 is 38.6 Å². The molecule has 0 spiro atoms. The molecule has 7 heteroatoms. The lowest BCUT2D eigenvalue weighted by molar-refractivity contribution is -0.146. The van der Waals surface area contributed by atoms with Crippen molar-refractivity contribution in [1.29, 1.82) is 0 Å². The minimum Gasteiger partial charge on any atom is -0.323 e. The minimum atomic E-state index is -4.47. The molecule has 0 aliphatic heterocycles. The molecule has 0 atom stereocenters. The number of hydrogen-bond acceptors (Lipinski definition) is 1. The molecule has 2 aromatic rings. The van der Waals surface area contributed by atoms with Gasteiger partial charge < -0.3 is 4.57 Å². The van der Waals surface area contributed by atoms with E-state index in [0.29, 0.717) is 15.0 Å². The SMILES string of the molecule is Cn1c(C(F)(F)F)nc2c(Br)cc(Cl)cc21. The van der Waals surface area contributed by atoms with Gasteiger partial charge in [0.15, 0.2) is 0 Å². The van der Waals surface area contributed by atoms with Crippen molar-refractivity contribution in [3.63, 3.8) is 0 Å². The van der Waals surface area contributed by atoms with Gasteiger partial charge in [-0.2, -0.15) is 13.2 Å². The second-order valence-corrected chi connectivity index (χ2v) is 4.54. The molecule has 0 radical (unpaired) electrons. The summed E-state index contributed by atoms with van der Waals surface area (Å²) in [5.41, 5.74) is 0.589. The van der Waals surface area contributed by atoms with Crippen LogP contribution in [0.3, 0.4) is 0 Å². The lowest BCUT2D eigenvalue weighted by Crippen LogP contribution is -2.12. The molecule has 0 amide bonds. The van der Waals surface area contributed by atoms with Gasteiger partial charge in [0.1, 0.15) is 5.52 Å². The molecule has 0 fully saturated rings. The second kappa shape index (κ2) is 3.63. The summed E-state index contributed by atoms with van der Waals surface area (Å²) in [5.74, 6) is -0.939. The molecular formula is C9H5BrClF3N2. The van der Waals surface area contributed by atoms with Gasteiger partial charge in [0.05, 0.1) is 5.52 Å². The second-order valence-electron chi connectivity index (χ2n) is 3.25. The average molecular weight is 314 g/mol.